The molecule has 0 aliphatic carbocycles. The van der Waals surface area contributed by atoms with Gasteiger partial charge in [-0.2, -0.15) is 0 Å². The molecular formula is C28H53NO3. The molecule has 0 aromatic heterocycles. The number of hydrogen-bond donors (Lipinski definition) is 3. The molecule has 0 saturated carbocycles. The predicted octanol–water partition coefficient (Wildman–Crippen LogP) is 7.00. The molecule has 0 radical (unpaired) electrons. The topological polar surface area (TPSA) is 69.6 Å². The molecule has 0 aliphatic heterocycles. The van der Waals surface area contributed by atoms with Gasteiger partial charge in [-0.05, 0) is 32.1 Å². The maximum Gasteiger partial charge on any atom is 0.220 e. The minimum Gasteiger partial charge on any atom is -0.394 e. The van der Waals surface area contributed by atoms with Gasteiger partial charge in [0.25, 0.3) is 0 Å². The number of rotatable bonds is 23. The third-order valence-corrected chi connectivity index (χ3v) is 5.91. The molecule has 4 heteroatoms. The molecule has 0 spiro atoms. The third-order valence-electron chi connectivity index (χ3n) is 5.91. The van der Waals surface area contributed by atoms with Gasteiger partial charge < -0.3 is 15.5 Å². The van der Waals surface area contributed by atoms with Crippen LogP contribution in [0.15, 0.2) is 24.3 Å². The second-order valence-corrected chi connectivity index (χ2v) is 9.11. The summed E-state index contributed by atoms with van der Waals surface area (Å²) in [7, 11) is 0. The molecule has 0 aromatic rings. The summed E-state index contributed by atoms with van der Waals surface area (Å²) in [6.07, 6.45) is 29.4. The molecule has 0 rings (SSSR count). The Hall–Kier alpha value is -1.13. The zero-order valence-corrected chi connectivity index (χ0v) is 21.2. The highest BCUT2D eigenvalue weighted by Crippen LogP contribution is 2.13. The van der Waals surface area contributed by atoms with E-state index in [2.05, 4.69) is 24.4 Å². The molecule has 188 valence electrons. The zero-order chi connectivity index (χ0) is 23.7. The third kappa shape index (κ3) is 20.8. The first-order chi connectivity index (χ1) is 15.7. The Morgan fingerprint density at radius 1 is 0.719 bits per heavy atom. The highest BCUT2D eigenvalue weighted by atomic mass is 16.3. The fourth-order valence-electron chi connectivity index (χ4n) is 3.82. The minimum atomic E-state index is -0.851. The predicted molar refractivity (Wildman–Crippen MR) is 138 cm³/mol. The van der Waals surface area contributed by atoms with Gasteiger partial charge in [0.1, 0.15) is 0 Å². The average molecular weight is 452 g/mol. The monoisotopic (exact) mass is 451 g/mol. The summed E-state index contributed by atoms with van der Waals surface area (Å²) in [5.74, 6) is -0.130. The van der Waals surface area contributed by atoms with Crippen LogP contribution in [0.2, 0.25) is 0 Å². The van der Waals surface area contributed by atoms with E-state index < -0.39 is 12.1 Å². The van der Waals surface area contributed by atoms with Gasteiger partial charge in [0.05, 0.1) is 18.8 Å². The largest absolute Gasteiger partial charge is 0.394 e. The Balaban J connectivity index is 3.52. The van der Waals surface area contributed by atoms with Crippen LogP contribution < -0.4 is 5.32 Å². The summed E-state index contributed by atoms with van der Waals surface area (Å²) in [5.41, 5.74) is 0. The number of aliphatic hydroxyl groups excluding tert-OH is 2. The summed E-state index contributed by atoms with van der Waals surface area (Å²) in [4.78, 5) is 11.6. The van der Waals surface area contributed by atoms with Crippen molar-refractivity contribution in [3.8, 4) is 0 Å². The van der Waals surface area contributed by atoms with Crippen molar-refractivity contribution in [1.29, 1.82) is 0 Å². The van der Waals surface area contributed by atoms with Crippen LogP contribution in [-0.4, -0.2) is 34.9 Å². The van der Waals surface area contributed by atoms with Gasteiger partial charge in [0.2, 0.25) is 5.91 Å². The van der Waals surface area contributed by atoms with Gasteiger partial charge in [-0.1, -0.05) is 115 Å². The summed E-state index contributed by atoms with van der Waals surface area (Å²) >= 11 is 0. The number of aliphatic hydroxyl groups is 2. The summed E-state index contributed by atoms with van der Waals surface area (Å²) in [6.45, 7) is 3.94. The molecule has 0 fully saturated rings. The average Bonchev–Trinajstić information content (AvgIpc) is 2.79. The molecule has 1 amide bonds. The molecule has 0 aliphatic rings. The van der Waals surface area contributed by atoms with Gasteiger partial charge in [0, 0.05) is 6.42 Å². The zero-order valence-electron chi connectivity index (χ0n) is 21.2. The van der Waals surface area contributed by atoms with Crippen LogP contribution in [0.3, 0.4) is 0 Å². The molecule has 3 N–H and O–H groups in total. The molecular weight excluding hydrogens is 398 g/mol. The van der Waals surface area contributed by atoms with E-state index in [0.29, 0.717) is 6.42 Å². The van der Waals surface area contributed by atoms with Gasteiger partial charge >= 0.3 is 0 Å². The smallest absolute Gasteiger partial charge is 0.220 e. The van der Waals surface area contributed by atoms with E-state index in [1.54, 1.807) is 6.08 Å². The van der Waals surface area contributed by atoms with E-state index in [1.165, 1.54) is 83.5 Å². The number of hydrogen-bond acceptors (Lipinski definition) is 3. The number of amides is 1. The van der Waals surface area contributed by atoms with E-state index in [-0.39, 0.29) is 12.5 Å². The Kier molecular flexibility index (Phi) is 23.6. The molecule has 0 aromatic carbocycles. The van der Waals surface area contributed by atoms with Crippen LogP contribution >= 0.6 is 0 Å². The summed E-state index contributed by atoms with van der Waals surface area (Å²) < 4.78 is 0. The van der Waals surface area contributed by atoms with Crippen LogP contribution in [0.1, 0.15) is 129 Å². The maximum absolute atomic E-state index is 11.6. The lowest BCUT2D eigenvalue weighted by molar-refractivity contribution is -0.122. The van der Waals surface area contributed by atoms with E-state index in [1.807, 2.05) is 13.0 Å². The molecule has 0 heterocycles. The Morgan fingerprint density at radius 2 is 1.22 bits per heavy atom. The molecule has 2 unspecified atom stereocenters. The lowest BCUT2D eigenvalue weighted by atomic mass is 10.0. The van der Waals surface area contributed by atoms with Crippen molar-refractivity contribution in [2.45, 2.75) is 142 Å². The first-order valence-electron chi connectivity index (χ1n) is 13.6. The van der Waals surface area contributed by atoms with Crippen molar-refractivity contribution in [1.82, 2.24) is 5.32 Å². The van der Waals surface area contributed by atoms with Crippen molar-refractivity contribution in [2.75, 3.05) is 6.61 Å². The van der Waals surface area contributed by atoms with Gasteiger partial charge in [0.15, 0.2) is 0 Å². The van der Waals surface area contributed by atoms with Crippen LogP contribution in [0, 0.1) is 0 Å². The first-order valence-corrected chi connectivity index (χ1v) is 13.6. The number of nitrogens with one attached hydrogen (secondary N) is 1. The lowest BCUT2D eigenvalue weighted by Crippen LogP contribution is -2.45. The molecule has 2 atom stereocenters. The second kappa shape index (κ2) is 24.5. The Morgan fingerprint density at radius 3 is 1.75 bits per heavy atom. The number of allylic oxidation sites excluding steroid dienone is 3. The SMILES string of the molecule is CCCCCCCCCCCCCCC/C=C/CC/C=C/C(O)C(CO)NC(=O)CCC. The van der Waals surface area contributed by atoms with Crippen LogP contribution in [0.25, 0.3) is 0 Å². The Labute approximate surface area is 199 Å². The quantitative estimate of drug-likeness (QED) is 0.116. The Bertz CT molecular complexity index is 462. The van der Waals surface area contributed by atoms with Crippen molar-refractivity contribution in [3.05, 3.63) is 24.3 Å². The van der Waals surface area contributed by atoms with E-state index >= 15 is 0 Å². The number of unbranched alkanes of at least 4 members (excludes halogenated alkanes) is 14. The van der Waals surface area contributed by atoms with Crippen molar-refractivity contribution in [2.24, 2.45) is 0 Å². The highest BCUT2D eigenvalue weighted by molar-refractivity contribution is 5.76. The van der Waals surface area contributed by atoms with E-state index in [4.69, 9.17) is 0 Å². The van der Waals surface area contributed by atoms with E-state index in [9.17, 15) is 15.0 Å². The standard InChI is InChI=1S/C28H53NO3/c1-3-5-6-7-8-9-10-11-12-13-14-15-16-17-18-19-20-21-22-24-27(31)26(25-30)29-28(32)23-4-2/h18-19,22,24,26-27,30-31H,3-17,20-21,23,25H2,1-2H3,(H,29,32)/b19-18+,24-22+. The van der Waals surface area contributed by atoms with Crippen molar-refractivity contribution in [3.63, 3.8) is 0 Å². The van der Waals surface area contributed by atoms with Crippen LogP contribution in [0.4, 0.5) is 0 Å². The van der Waals surface area contributed by atoms with Crippen molar-refractivity contribution < 1.29 is 15.0 Å². The van der Waals surface area contributed by atoms with E-state index in [0.717, 1.165) is 25.7 Å². The normalized spacial score (nSPS) is 13.8. The highest BCUT2D eigenvalue weighted by Gasteiger charge is 2.17. The van der Waals surface area contributed by atoms with Gasteiger partial charge in [-0.25, -0.2) is 0 Å². The van der Waals surface area contributed by atoms with Crippen LogP contribution in [0.5, 0.6) is 0 Å². The number of carbonyl (C=O) groups is 1. The lowest BCUT2D eigenvalue weighted by Gasteiger charge is -2.19. The van der Waals surface area contributed by atoms with Gasteiger partial charge in [-0.3, -0.25) is 4.79 Å². The molecule has 0 bridgehead atoms. The minimum absolute atomic E-state index is 0.130. The van der Waals surface area contributed by atoms with Crippen molar-refractivity contribution >= 4 is 5.91 Å². The molecule has 32 heavy (non-hydrogen) atoms. The van der Waals surface area contributed by atoms with Gasteiger partial charge in [-0.15, -0.1) is 0 Å². The fourth-order valence-corrected chi connectivity index (χ4v) is 3.82. The molecule has 4 nitrogen and oxygen atoms in total. The molecule has 0 saturated heterocycles. The maximum atomic E-state index is 11.6. The fraction of sp³-hybridized carbons (Fsp3) is 0.821. The summed E-state index contributed by atoms with van der Waals surface area (Å²) in [6, 6.07) is -0.628. The second-order valence-electron chi connectivity index (χ2n) is 9.11. The number of carbonyl (C=O) groups excluding carboxylic acids is 1. The first kappa shape index (κ1) is 30.9. The van der Waals surface area contributed by atoms with Crippen LogP contribution in [-0.2, 0) is 4.79 Å². The summed E-state index contributed by atoms with van der Waals surface area (Å²) in [5, 5.41) is 22.1.